The summed E-state index contributed by atoms with van der Waals surface area (Å²) in [6.45, 7) is 3.18. The van der Waals surface area contributed by atoms with Gasteiger partial charge in [-0.2, -0.15) is 4.31 Å². The van der Waals surface area contributed by atoms with Gasteiger partial charge in [-0.05, 0) is 43.0 Å². The summed E-state index contributed by atoms with van der Waals surface area (Å²) in [5, 5.41) is 0. The Balaban J connectivity index is 2.23. The molecule has 2 rings (SSSR count). The van der Waals surface area contributed by atoms with Crippen LogP contribution in [0, 0.1) is 5.92 Å². The number of hydrogen-bond donors (Lipinski definition) is 0. The summed E-state index contributed by atoms with van der Waals surface area (Å²) >= 11 is 0. The first kappa shape index (κ1) is 15.0. The Kier molecular flexibility index (Phi) is 4.45. The Hall–Kier alpha value is -1.40. The van der Waals surface area contributed by atoms with Crippen LogP contribution in [0.25, 0.3) is 0 Å². The lowest BCUT2D eigenvalue weighted by molar-refractivity contribution is 0.0600. The van der Waals surface area contributed by atoms with Crippen LogP contribution in [-0.4, -0.2) is 38.9 Å². The second kappa shape index (κ2) is 5.93. The molecule has 0 saturated carbocycles. The van der Waals surface area contributed by atoms with Crippen LogP contribution in [0.4, 0.5) is 0 Å². The van der Waals surface area contributed by atoms with E-state index in [1.807, 2.05) is 0 Å². The van der Waals surface area contributed by atoms with Gasteiger partial charge in [0.1, 0.15) is 0 Å². The maximum atomic E-state index is 12.5. The van der Waals surface area contributed by atoms with Gasteiger partial charge in [-0.15, -0.1) is 0 Å². The highest BCUT2D eigenvalue weighted by Gasteiger charge is 2.28. The molecule has 110 valence electrons. The molecule has 1 atom stereocenters. The lowest BCUT2D eigenvalue weighted by Gasteiger charge is -2.30. The van der Waals surface area contributed by atoms with Crippen molar-refractivity contribution in [3.8, 4) is 0 Å². The Labute approximate surface area is 119 Å². The van der Waals surface area contributed by atoms with Crippen LogP contribution in [-0.2, 0) is 14.8 Å². The molecule has 1 fully saturated rings. The molecule has 0 spiro atoms. The third-order valence-electron chi connectivity index (χ3n) is 3.53. The summed E-state index contributed by atoms with van der Waals surface area (Å²) in [4.78, 5) is 11.6. The second-order valence-electron chi connectivity index (χ2n) is 5.13. The number of nitrogens with zero attached hydrogens (tertiary/aromatic N) is 1. The van der Waals surface area contributed by atoms with Crippen LogP contribution in [0.3, 0.4) is 0 Å². The van der Waals surface area contributed by atoms with Crippen molar-refractivity contribution in [3.63, 3.8) is 0 Å². The first-order chi connectivity index (χ1) is 9.45. The van der Waals surface area contributed by atoms with Gasteiger partial charge >= 0.3 is 5.97 Å². The largest absolute Gasteiger partial charge is 0.465 e. The van der Waals surface area contributed by atoms with Crippen molar-refractivity contribution >= 4 is 16.0 Å². The van der Waals surface area contributed by atoms with Crippen LogP contribution in [0.2, 0.25) is 0 Å². The SMILES string of the molecule is COC(=O)c1ccc(S(=O)(=O)N2CCC[C@H](C)C2)cc1. The number of carbonyl (C=O) groups excluding carboxylic acids is 1. The van der Waals surface area contributed by atoms with Crippen molar-refractivity contribution < 1.29 is 17.9 Å². The van der Waals surface area contributed by atoms with Gasteiger partial charge in [0, 0.05) is 13.1 Å². The predicted octanol–water partition coefficient (Wildman–Crippen LogP) is 1.89. The fraction of sp³-hybridized carbons (Fsp3) is 0.500. The number of hydrogen-bond acceptors (Lipinski definition) is 4. The standard InChI is InChI=1S/C14H19NO4S/c1-11-4-3-9-15(10-11)20(17,18)13-7-5-12(6-8-13)14(16)19-2/h5-8,11H,3-4,9-10H2,1-2H3/t11-/m0/s1. The van der Waals surface area contributed by atoms with E-state index in [1.54, 1.807) is 0 Å². The Morgan fingerprint density at radius 2 is 1.95 bits per heavy atom. The zero-order valence-corrected chi connectivity index (χ0v) is 12.5. The van der Waals surface area contributed by atoms with Crippen molar-refractivity contribution in [2.24, 2.45) is 5.92 Å². The number of carbonyl (C=O) groups is 1. The van der Waals surface area contributed by atoms with Crippen molar-refractivity contribution in [2.75, 3.05) is 20.2 Å². The van der Waals surface area contributed by atoms with Crippen molar-refractivity contribution in [1.82, 2.24) is 4.31 Å². The van der Waals surface area contributed by atoms with Crippen LogP contribution >= 0.6 is 0 Å². The number of esters is 1. The molecule has 6 heteroatoms. The molecule has 5 nitrogen and oxygen atoms in total. The van der Waals surface area contributed by atoms with Crippen LogP contribution < -0.4 is 0 Å². The zero-order valence-electron chi connectivity index (χ0n) is 11.7. The first-order valence-electron chi connectivity index (χ1n) is 6.63. The van der Waals surface area contributed by atoms with E-state index in [2.05, 4.69) is 11.7 Å². The van der Waals surface area contributed by atoms with Crippen LogP contribution in [0.5, 0.6) is 0 Å². The molecule has 1 heterocycles. The van der Waals surface area contributed by atoms with Crippen molar-refractivity contribution in [2.45, 2.75) is 24.7 Å². The third kappa shape index (κ3) is 3.02. The summed E-state index contributed by atoms with van der Waals surface area (Å²) < 4.78 is 31.1. The van der Waals surface area contributed by atoms with E-state index < -0.39 is 16.0 Å². The summed E-state index contributed by atoms with van der Waals surface area (Å²) in [7, 11) is -2.17. The van der Waals surface area contributed by atoms with E-state index in [4.69, 9.17) is 0 Å². The summed E-state index contributed by atoms with van der Waals surface area (Å²) in [5.74, 6) is -0.0894. The van der Waals surface area contributed by atoms with E-state index in [-0.39, 0.29) is 4.90 Å². The molecule has 0 amide bonds. The van der Waals surface area contributed by atoms with E-state index in [1.165, 1.54) is 35.7 Å². The highest BCUT2D eigenvalue weighted by molar-refractivity contribution is 7.89. The van der Waals surface area contributed by atoms with E-state index in [0.29, 0.717) is 24.6 Å². The minimum Gasteiger partial charge on any atom is -0.465 e. The van der Waals surface area contributed by atoms with Crippen LogP contribution in [0.1, 0.15) is 30.1 Å². The van der Waals surface area contributed by atoms with E-state index >= 15 is 0 Å². The Bertz CT molecular complexity index is 580. The molecular formula is C14H19NO4S. The summed E-state index contributed by atoms with van der Waals surface area (Å²) in [5.41, 5.74) is 0.346. The fourth-order valence-electron chi connectivity index (χ4n) is 2.39. The van der Waals surface area contributed by atoms with E-state index in [0.717, 1.165) is 12.8 Å². The number of piperidine rings is 1. The average molecular weight is 297 g/mol. The molecule has 0 N–H and O–H groups in total. The highest BCUT2D eigenvalue weighted by atomic mass is 32.2. The molecule has 0 unspecified atom stereocenters. The monoisotopic (exact) mass is 297 g/mol. The number of sulfonamides is 1. The van der Waals surface area contributed by atoms with Gasteiger partial charge in [0.25, 0.3) is 0 Å². The molecule has 1 aromatic carbocycles. The normalized spacial score (nSPS) is 20.6. The Morgan fingerprint density at radius 1 is 1.30 bits per heavy atom. The van der Waals surface area contributed by atoms with Crippen molar-refractivity contribution in [1.29, 1.82) is 0 Å². The molecule has 1 aromatic rings. The highest BCUT2D eigenvalue weighted by Crippen LogP contribution is 2.23. The van der Waals surface area contributed by atoms with Gasteiger partial charge in [-0.1, -0.05) is 6.92 Å². The maximum Gasteiger partial charge on any atom is 0.337 e. The maximum absolute atomic E-state index is 12.5. The van der Waals surface area contributed by atoms with Gasteiger partial charge in [-0.25, -0.2) is 13.2 Å². The van der Waals surface area contributed by atoms with Gasteiger partial charge in [0.15, 0.2) is 0 Å². The van der Waals surface area contributed by atoms with Gasteiger partial charge in [-0.3, -0.25) is 0 Å². The van der Waals surface area contributed by atoms with Gasteiger partial charge in [0.2, 0.25) is 10.0 Å². The zero-order chi connectivity index (χ0) is 14.8. The van der Waals surface area contributed by atoms with E-state index in [9.17, 15) is 13.2 Å². The minimum absolute atomic E-state index is 0.222. The topological polar surface area (TPSA) is 63.7 Å². The molecular weight excluding hydrogens is 278 g/mol. The lowest BCUT2D eigenvalue weighted by Crippen LogP contribution is -2.39. The first-order valence-corrected chi connectivity index (χ1v) is 8.07. The second-order valence-corrected chi connectivity index (χ2v) is 7.06. The number of benzene rings is 1. The summed E-state index contributed by atoms with van der Waals surface area (Å²) in [6, 6.07) is 5.87. The fourth-order valence-corrected chi connectivity index (χ4v) is 3.99. The van der Waals surface area contributed by atoms with Crippen LogP contribution in [0.15, 0.2) is 29.2 Å². The molecule has 1 saturated heterocycles. The third-order valence-corrected chi connectivity index (χ3v) is 5.41. The molecule has 0 bridgehead atoms. The molecule has 20 heavy (non-hydrogen) atoms. The lowest BCUT2D eigenvalue weighted by atomic mass is 10.0. The molecule has 1 aliphatic heterocycles. The Morgan fingerprint density at radius 3 is 2.50 bits per heavy atom. The predicted molar refractivity (Wildman–Crippen MR) is 74.9 cm³/mol. The number of rotatable bonds is 3. The smallest absolute Gasteiger partial charge is 0.337 e. The molecule has 0 aromatic heterocycles. The molecule has 0 radical (unpaired) electrons. The number of ether oxygens (including phenoxy) is 1. The molecule has 0 aliphatic carbocycles. The molecule has 1 aliphatic rings. The summed E-state index contributed by atoms with van der Waals surface area (Å²) in [6.07, 6.45) is 1.95. The van der Waals surface area contributed by atoms with Gasteiger partial charge in [0.05, 0.1) is 17.6 Å². The average Bonchev–Trinajstić information content (AvgIpc) is 2.46. The number of methoxy groups -OCH3 is 1. The van der Waals surface area contributed by atoms with Crippen molar-refractivity contribution in [3.05, 3.63) is 29.8 Å². The quantitative estimate of drug-likeness (QED) is 0.799. The van der Waals surface area contributed by atoms with Gasteiger partial charge < -0.3 is 4.74 Å². The minimum atomic E-state index is -3.46.